The van der Waals surface area contributed by atoms with E-state index in [0.29, 0.717) is 21.2 Å². The number of alkyl halides is 6. The second kappa shape index (κ2) is 14.2. The summed E-state index contributed by atoms with van der Waals surface area (Å²) in [6, 6.07) is 13.5. The molecule has 0 unspecified atom stereocenters. The zero-order chi connectivity index (χ0) is 28.2. The highest BCUT2D eigenvalue weighted by atomic mass is 35.5. The Morgan fingerprint density at radius 2 is 1.15 bits per heavy atom. The molecule has 0 amide bonds. The van der Waals surface area contributed by atoms with Crippen LogP contribution in [0.5, 0.6) is 0 Å². The number of hydrogen-bond donors (Lipinski definition) is 0. The number of morpholine rings is 2. The van der Waals surface area contributed by atoms with E-state index in [0.717, 1.165) is 0 Å². The summed E-state index contributed by atoms with van der Waals surface area (Å²) in [5.74, 6) is 0. The summed E-state index contributed by atoms with van der Waals surface area (Å²) >= 11 is 12.0. The van der Waals surface area contributed by atoms with E-state index >= 15 is 0 Å². The third kappa shape index (κ3) is 9.35. The highest BCUT2D eigenvalue weighted by molar-refractivity contribution is 6.30. The minimum atomic E-state index is -5.01. The van der Waals surface area contributed by atoms with Crippen molar-refractivity contribution in [3.63, 3.8) is 0 Å². The summed E-state index contributed by atoms with van der Waals surface area (Å²) in [4.78, 5) is 2.81. The molecule has 40 heavy (non-hydrogen) atoms. The minimum absolute atomic E-state index is 0. The third-order valence-corrected chi connectivity index (χ3v) is 7.12. The van der Waals surface area contributed by atoms with Crippen molar-refractivity contribution in [1.82, 2.24) is 9.80 Å². The van der Waals surface area contributed by atoms with Crippen LogP contribution in [0.1, 0.15) is 23.3 Å². The smallest absolute Gasteiger partial charge is 0.371 e. The lowest BCUT2D eigenvalue weighted by Gasteiger charge is -2.38. The Hall–Kier alpha value is -1.31. The van der Waals surface area contributed by atoms with Crippen molar-refractivity contribution in [2.45, 2.75) is 36.8 Å². The standard InChI is InChI=1S/C26H28Cl2F6N2O3.ClH/c27-19-5-1-3-17(11-19)21-13-35(7-9-37-21)15-23(25(29,30)31)39-24(26(32,33)34)16-36-8-10-38-22(14-36)18-4-2-6-20(28)12-18;/h1-6,11-12,21-24H,7-10,13-16H2;1H/t21-,22-,23-,24-;/m0./s1. The summed E-state index contributed by atoms with van der Waals surface area (Å²) < 4.78 is 100. The molecular formula is C26H29Cl3F6N2O3. The van der Waals surface area contributed by atoms with Crippen LogP contribution < -0.4 is 0 Å². The molecule has 2 heterocycles. The summed E-state index contributed by atoms with van der Waals surface area (Å²) in [6.07, 6.45) is -16.5. The molecule has 14 heteroatoms. The van der Waals surface area contributed by atoms with Crippen molar-refractivity contribution in [3.05, 3.63) is 69.7 Å². The van der Waals surface area contributed by atoms with E-state index in [2.05, 4.69) is 0 Å². The average molecular weight is 638 g/mol. The number of ether oxygens (including phenoxy) is 3. The Kier molecular flexibility index (Phi) is 11.8. The SMILES string of the molecule is Cl.FC(F)(F)[C@H](CN1CCO[C@H](c2cccc(Cl)c2)C1)O[C@@H](CN1CCO[C@H](c2cccc(Cl)c2)C1)C(F)(F)F. The molecule has 4 atom stereocenters. The van der Waals surface area contributed by atoms with E-state index in [-0.39, 0.29) is 51.8 Å². The van der Waals surface area contributed by atoms with Crippen LogP contribution in [0.25, 0.3) is 0 Å². The second-order valence-electron chi connectivity index (χ2n) is 9.54. The van der Waals surface area contributed by atoms with Gasteiger partial charge in [-0.2, -0.15) is 26.3 Å². The van der Waals surface area contributed by atoms with Gasteiger partial charge >= 0.3 is 12.4 Å². The van der Waals surface area contributed by atoms with Crippen LogP contribution in [0.2, 0.25) is 10.0 Å². The van der Waals surface area contributed by atoms with Crippen molar-refractivity contribution in [3.8, 4) is 0 Å². The van der Waals surface area contributed by atoms with Crippen molar-refractivity contribution in [1.29, 1.82) is 0 Å². The third-order valence-electron chi connectivity index (χ3n) is 6.65. The zero-order valence-electron chi connectivity index (χ0n) is 21.1. The van der Waals surface area contributed by atoms with Gasteiger partial charge in [0.1, 0.15) is 0 Å². The highest BCUT2D eigenvalue weighted by Crippen LogP contribution is 2.33. The molecule has 5 nitrogen and oxygen atoms in total. The lowest BCUT2D eigenvalue weighted by molar-refractivity contribution is -0.292. The van der Waals surface area contributed by atoms with E-state index in [1.54, 1.807) is 48.5 Å². The van der Waals surface area contributed by atoms with Crippen LogP contribution in [-0.2, 0) is 14.2 Å². The minimum Gasteiger partial charge on any atom is -0.371 e. The van der Waals surface area contributed by atoms with Crippen LogP contribution in [0.3, 0.4) is 0 Å². The van der Waals surface area contributed by atoms with Gasteiger partial charge in [0.15, 0.2) is 12.2 Å². The van der Waals surface area contributed by atoms with Gasteiger partial charge in [0.25, 0.3) is 0 Å². The van der Waals surface area contributed by atoms with Crippen molar-refractivity contribution < 1.29 is 40.6 Å². The fourth-order valence-electron chi connectivity index (χ4n) is 4.67. The molecule has 0 aliphatic carbocycles. The average Bonchev–Trinajstić information content (AvgIpc) is 2.87. The van der Waals surface area contributed by atoms with E-state index in [9.17, 15) is 26.3 Å². The molecule has 0 spiro atoms. The van der Waals surface area contributed by atoms with Gasteiger partial charge < -0.3 is 14.2 Å². The van der Waals surface area contributed by atoms with Gasteiger partial charge in [-0.3, -0.25) is 9.80 Å². The molecule has 2 aliphatic heterocycles. The highest BCUT2D eigenvalue weighted by Gasteiger charge is 2.50. The van der Waals surface area contributed by atoms with Gasteiger partial charge in [-0.05, 0) is 35.4 Å². The van der Waals surface area contributed by atoms with Gasteiger partial charge in [0.05, 0.1) is 25.4 Å². The number of halogens is 9. The molecule has 2 aromatic rings. The Balaban J connectivity index is 0.00000441. The van der Waals surface area contributed by atoms with Gasteiger partial charge in [-0.1, -0.05) is 47.5 Å². The molecule has 2 fully saturated rings. The second-order valence-corrected chi connectivity index (χ2v) is 10.4. The summed E-state index contributed by atoms with van der Waals surface area (Å²) in [5.41, 5.74) is 1.35. The number of nitrogens with zero attached hydrogens (tertiary/aromatic N) is 2. The topological polar surface area (TPSA) is 34.2 Å². The molecule has 0 aromatic heterocycles. The maximum absolute atomic E-state index is 14.0. The predicted octanol–water partition coefficient (Wildman–Crippen LogP) is 6.74. The van der Waals surface area contributed by atoms with Crippen LogP contribution in [0.4, 0.5) is 26.3 Å². The van der Waals surface area contributed by atoms with Gasteiger partial charge in [-0.15, -0.1) is 12.4 Å². The number of rotatable bonds is 8. The molecule has 2 saturated heterocycles. The molecule has 224 valence electrons. The van der Waals surface area contributed by atoms with Crippen LogP contribution in [-0.4, -0.2) is 86.8 Å². The van der Waals surface area contributed by atoms with Gasteiger partial charge in [0.2, 0.25) is 0 Å². The Bertz CT molecular complexity index is 1010. The fraction of sp³-hybridized carbons (Fsp3) is 0.538. The Labute approximate surface area is 244 Å². The summed E-state index contributed by atoms with van der Waals surface area (Å²) in [7, 11) is 0. The lowest BCUT2D eigenvalue weighted by Crippen LogP contribution is -2.53. The molecular weight excluding hydrogens is 609 g/mol. The molecule has 0 radical (unpaired) electrons. The zero-order valence-corrected chi connectivity index (χ0v) is 23.5. The number of hydrogen-bond acceptors (Lipinski definition) is 5. The molecule has 4 rings (SSSR count). The number of benzene rings is 2. The first-order valence-electron chi connectivity index (χ1n) is 12.4. The van der Waals surface area contributed by atoms with Crippen molar-refractivity contribution in [2.24, 2.45) is 0 Å². The fourth-order valence-corrected chi connectivity index (χ4v) is 5.07. The first-order valence-corrected chi connectivity index (χ1v) is 13.1. The van der Waals surface area contributed by atoms with Crippen LogP contribution >= 0.6 is 35.6 Å². The maximum atomic E-state index is 14.0. The van der Waals surface area contributed by atoms with E-state index in [1.807, 2.05) is 0 Å². The Morgan fingerprint density at radius 3 is 1.50 bits per heavy atom. The van der Waals surface area contributed by atoms with Crippen molar-refractivity contribution >= 4 is 35.6 Å². The first-order chi connectivity index (χ1) is 18.4. The molecule has 0 saturated carbocycles. The lowest BCUT2D eigenvalue weighted by atomic mass is 10.1. The predicted molar refractivity (Wildman–Crippen MR) is 141 cm³/mol. The van der Waals surface area contributed by atoms with Crippen molar-refractivity contribution in [2.75, 3.05) is 52.5 Å². The summed E-state index contributed by atoms with van der Waals surface area (Å²) in [5, 5.41) is 0.886. The van der Waals surface area contributed by atoms with E-state index in [1.165, 1.54) is 9.80 Å². The normalized spacial score (nSPS) is 22.9. The molecule has 2 aromatic carbocycles. The van der Waals surface area contributed by atoms with Crippen LogP contribution in [0.15, 0.2) is 48.5 Å². The molecule has 2 aliphatic rings. The maximum Gasteiger partial charge on any atom is 0.415 e. The molecule has 0 bridgehead atoms. The van der Waals surface area contributed by atoms with E-state index < -0.39 is 49.9 Å². The quantitative estimate of drug-likeness (QED) is 0.300. The summed E-state index contributed by atoms with van der Waals surface area (Å²) in [6.45, 7) is -0.944. The van der Waals surface area contributed by atoms with Gasteiger partial charge in [-0.25, -0.2) is 0 Å². The monoisotopic (exact) mass is 636 g/mol. The van der Waals surface area contributed by atoms with Crippen LogP contribution in [0, 0.1) is 0 Å². The largest absolute Gasteiger partial charge is 0.415 e. The Morgan fingerprint density at radius 1 is 0.750 bits per heavy atom. The molecule has 0 N–H and O–H groups in total. The van der Waals surface area contributed by atoms with Gasteiger partial charge in [0, 0.05) is 49.3 Å². The first kappa shape index (κ1) is 33.2. The van der Waals surface area contributed by atoms with E-state index in [4.69, 9.17) is 37.4 Å².